The lowest BCUT2D eigenvalue weighted by atomic mass is 9.96. The van der Waals surface area contributed by atoms with Crippen LogP contribution in [0, 0.1) is 18.7 Å². The van der Waals surface area contributed by atoms with E-state index in [-0.39, 0.29) is 23.4 Å². The summed E-state index contributed by atoms with van der Waals surface area (Å²) in [5.74, 6) is -1.04. The van der Waals surface area contributed by atoms with Crippen molar-refractivity contribution in [3.63, 3.8) is 0 Å². The molecule has 4 nitrogen and oxygen atoms in total. The molecule has 1 unspecified atom stereocenters. The number of halogens is 1. The Labute approximate surface area is 144 Å². The van der Waals surface area contributed by atoms with Crippen LogP contribution in [0.25, 0.3) is 0 Å². The average Bonchev–Trinajstić information content (AvgIpc) is 3.12. The second-order valence-electron chi connectivity index (χ2n) is 6.04. The summed E-state index contributed by atoms with van der Waals surface area (Å²) in [6.07, 6.45) is 1.47. The van der Waals surface area contributed by atoms with Crippen molar-refractivity contribution in [3.8, 4) is 0 Å². The molecule has 2 aromatic rings. The predicted molar refractivity (Wildman–Crippen MR) is 92.7 cm³/mol. The number of hydrogen-bond donors (Lipinski definition) is 1. The fourth-order valence-electron chi connectivity index (χ4n) is 2.90. The molecule has 0 radical (unpaired) electrons. The highest BCUT2D eigenvalue weighted by Gasteiger charge is 2.29. The molecule has 1 aromatic heterocycles. The minimum absolute atomic E-state index is 0.0377. The van der Waals surface area contributed by atoms with E-state index < -0.39 is 5.82 Å². The molecule has 126 valence electrons. The van der Waals surface area contributed by atoms with Gasteiger partial charge in [0.25, 0.3) is 5.91 Å². The van der Waals surface area contributed by atoms with Crippen molar-refractivity contribution in [3.05, 3.63) is 52.0 Å². The van der Waals surface area contributed by atoms with E-state index in [9.17, 15) is 14.0 Å². The third kappa shape index (κ3) is 3.64. The molecule has 0 saturated carbocycles. The molecule has 1 aliphatic heterocycles. The van der Waals surface area contributed by atoms with Crippen LogP contribution < -0.4 is 5.32 Å². The third-order valence-corrected chi connectivity index (χ3v) is 5.05. The monoisotopic (exact) mass is 346 g/mol. The van der Waals surface area contributed by atoms with Crippen molar-refractivity contribution >= 4 is 28.8 Å². The third-order valence-electron chi connectivity index (χ3n) is 4.19. The van der Waals surface area contributed by atoms with Crippen molar-refractivity contribution in [2.45, 2.75) is 19.8 Å². The van der Waals surface area contributed by atoms with Crippen LogP contribution in [-0.4, -0.2) is 29.8 Å². The molecular weight excluding hydrogens is 327 g/mol. The molecule has 1 atom stereocenters. The van der Waals surface area contributed by atoms with Crippen LogP contribution in [0.4, 0.5) is 10.1 Å². The minimum atomic E-state index is -0.448. The lowest BCUT2D eigenvalue weighted by molar-refractivity contribution is -0.121. The van der Waals surface area contributed by atoms with Crippen LogP contribution in [0.2, 0.25) is 0 Å². The normalized spacial score (nSPS) is 17.6. The van der Waals surface area contributed by atoms with Crippen LogP contribution in [-0.2, 0) is 4.79 Å². The lowest BCUT2D eigenvalue weighted by Crippen LogP contribution is -2.43. The van der Waals surface area contributed by atoms with Gasteiger partial charge < -0.3 is 10.2 Å². The Morgan fingerprint density at radius 3 is 2.92 bits per heavy atom. The van der Waals surface area contributed by atoms with Crippen molar-refractivity contribution in [1.82, 2.24) is 4.90 Å². The summed E-state index contributed by atoms with van der Waals surface area (Å²) in [7, 11) is 0. The molecule has 2 heterocycles. The van der Waals surface area contributed by atoms with Gasteiger partial charge in [0.2, 0.25) is 5.91 Å². The van der Waals surface area contributed by atoms with Gasteiger partial charge in [0, 0.05) is 13.1 Å². The van der Waals surface area contributed by atoms with Crippen molar-refractivity contribution in [2.24, 2.45) is 5.92 Å². The average molecular weight is 346 g/mol. The topological polar surface area (TPSA) is 49.4 Å². The van der Waals surface area contributed by atoms with Crippen LogP contribution in [0.15, 0.2) is 35.7 Å². The number of hydrogen-bond acceptors (Lipinski definition) is 3. The summed E-state index contributed by atoms with van der Waals surface area (Å²) in [6, 6.07) is 8.25. The maximum absolute atomic E-state index is 13.8. The van der Waals surface area contributed by atoms with Gasteiger partial charge in [-0.3, -0.25) is 9.59 Å². The van der Waals surface area contributed by atoms with Gasteiger partial charge in [-0.15, -0.1) is 11.3 Å². The van der Waals surface area contributed by atoms with Gasteiger partial charge in [-0.25, -0.2) is 4.39 Å². The summed E-state index contributed by atoms with van der Waals surface area (Å²) in [5.41, 5.74) is 1.08. The van der Waals surface area contributed by atoms with Gasteiger partial charge in [0.15, 0.2) is 0 Å². The van der Waals surface area contributed by atoms with Gasteiger partial charge in [-0.1, -0.05) is 12.1 Å². The van der Waals surface area contributed by atoms with Crippen molar-refractivity contribution in [1.29, 1.82) is 0 Å². The first kappa shape index (κ1) is 16.6. The highest BCUT2D eigenvalue weighted by Crippen LogP contribution is 2.23. The Balaban J connectivity index is 1.67. The molecular formula is C18H19FN2O2S. The first-order valence-corrected chi connectivity index (χ1v) is 8.82. The Hall–Kier alpha value is -2.21. The second kappa shape index (κ2) is 7.13. The standard InChI is InChI=1S/C18H19FN2O2S/c1-12-6-7-14(19)15(10-12)20-17(22)13-4-2-8-21(11-13)18(23)16-5-3-9-24-16/h3,5-7,9-10,13H,2,4,8,11H2,1H3,(H,20,22). The largest absolute Gasteiger partial charge is 0.337 e. The summed E-state index contributed by atoms with van der Waals surface area (Å²) >= 11 is 1.40. The second-order valence-corrected chi connectivity index (χ2v) is 6.99. The fraction of sp³-hybridized carbons (Fsp3) is 0.333. The van der Waals surface area contributed by atoms with E-state index in [4.69, 9.17) is 0 Å². The number of rotatable bonds is 3. The number of benzene rings is 1. The van der Waals surface area contributed by atoms with Gasteiger partial charge in [0.1, 0.15) is 5.82 Å². The molecule has 1 aliphatic rings. The zero-order valence-corrected chi connectivity index (χ0v) is 14.2. The van der Waals surface area contributed by atoms with Crippen LogP contribution >= 0.6 is 11.3 Å². The number of piperidine rings is 1. The number of anilines is 1. The van der Waals surface area contributed by atoms with E-state index in [1.165, 1.54) is 17.4 Å². The number of carbonyl (C=O) groups excluding carboxylic acids is 2. The van der Waals surface area contributed by atoms with Crippen LogP contribution in [0.1, 0.15) is 28.1 Å². The van der Waals surface area contributed by atoms with Gasteiger partial charge in [-0.05, 0) is 48.9 Å². The van der Waals surface area contributed by atoms with Gasteiger partial charge >= 0.3 is 0 Å². The molecule has 24 heavy (non-hydrogen) atoms. The Bertz CT molecular complexity index is 745. The molecule has 1 saturated heterocycles. The SMILES string of the molecule is Cc1ccc(F)c(NC(=O)C2CCCN(C(=O)c3cccs3)C2)c1. The molecule has 0 aliphatic carbocycles. The number of carbonyl (C=O) groups is 2. The number of thiophene rings is 1. The molecule has 1 fully saturated rings. The summed E-state index contributed by atoms with van der Waals surface area (Å²) < 4.78 is 13.8. The predicted octanol–water partition coefficient (Wildman–Crippen LogP) is 3.69. The zero-order valence-electron chi connectivity index (χ0n) is 13.4. The van der Waals surface area contributed by atoms with Crippen LogP contribution in [0.3, 0.4) is 0 Å². The zero-order chi connectivity index (χ0) is 17.1. The van der Waals surface area contributed by atoms with Crippen molar-refractivity contribution in [2.75, 3.05) is 18.4 Å². The smallest absolute Gasteiger partial charge is 0.263 e. The Morgan fingerprint density at radius 1 is 1.33 bits per heavy atom. The molecule has 0 bridgehead atoms. The van der Waals surface area contributed by atoms with E-state index in [1.807, 2.05) is 18.4 Å². The number of amides is 2. The Morgan fingerprint density at radius 2 is 2.17 bits per heavy atom. The summed E-state index contributed by atoms with van der Waals surface area (Å²) in [4.78, 5) is 27.3. The summed E-state index contributed by atoms with van der Waals surface area (Å²) in [5, 5.41) is 4.53. The molecule has 3 rings (SSSR count). The first-order valence-electron chi connectivity index (χ1n) is 7.94. The summed E-state index contributed by atoms with van der Waals surface area (Å²) in [6.45, 7) is 2.87. The fourth-order valence-corrected chi connectivity index (χ4v) is 3.59. The van der Waals surface area contributed by atoms with Crippen molar-refractivity contribution < 1.29 is 14.0 Å². The van der Waals surface area contributed by atoms with E-state index in [2.05, 4.69) is 5.32 Å². The van der Waals surface area contributed by atoms with E-state index in [0.29, 0.717) is 24.4 Å². The molecule has 1 N–H and O–H groups in total. The highest BCUT2D eigenvalue weighted by atomic mass is 32.1. The molecule has 6 heteroatoms. The quantitative estimate of drug-likeness (QED) is 0.921. The van der Waals surface area contributed by atoms with E-state index in [1.54, 1.807) is 23.1 Å². The number of likely N-dealkylation sites (tertiary alicyclic amines) is 1. The lowest BCUT2D eigenvalue weighted by Gasteiger charge is -2.31. The molecule has 2 amide bonds. The first-order chi connectivity index (χ1) is 11.5. The highest BCUT2D eigenvalue weighted by molar-refractivity contribution is 7.12. The Kier molecular flexibility index (Phi) is 4.94. The van der Waals surface area contributed by atoms with E-state index in [0.717, 1.165) is 12.0 Å². The maximum atomic E-state index is 13.8. The van der Waals surface area contributed by atoms with E-state index >= 15 is 0 Å². The van der Waals surface area contributed by atoms with Crippen LogP contribution in [0.5, 0.6) is 0 Å². The number of nitrogens with zero attached hydrogens (tertiary/aromatic N) is 1. The number of aryl methyl sites for hydroxylation is 1. The molecule has 0 spiro atoms. The minimum Gasteiger partial charge on any atom is -0.337 e. The maximum Gasteiger partial charge on any atom is 0.263 e. The van der Waals surface area contributed by atoms with Gasteiger partial charge in [0.05, 0.1) is 16.5 Å². The molecule has 1 aromatic carbocycles. The number of nitrogens with one attached hydrogen (secondary N) is 1. The van der Waals surface area contributed by atoms with Gasteiger partial charge in [-0.2, -0.15) is 0 Å².